The van der Waals surface area contributed by atoms with Gasteiger partial charge in [-0.1, -0.05) is 0 Å². The number of nitrogens with one attached hydrogen (secondary N) is 2. The number of piperazine rings is 1. The Kier molecular flexibility index (Phi) is 5.26. The molecule has 6 rings (SSSR count). The molecule has 3 aromatic heterocycles. The van der Waals surface area contributed by atoms with E-state index in [1.807, 2.05) is 12.3 Å². The van der Waals surface area contributed by atoms with Crippen molar-refractivity contribution in [3.8, 4) is 11.4 Å². The molecule has 5 heterocycles. The third kappa shape index (κ3) is 3.75. The molecule has 0 saturated carbocycles. The number of hydrogen-bond acceptors (Lipinski definition) is 7. The number of thiophene rings is 1. The predicted molar refractivity (Wildman–Crippen MR) is 126 cm³/mol. The van der Waals surface area contributed by atoms with Crippen LogP contribution in [0, 0.1) is 5.82 Å². The number of ether oxygens (including phenoxy) is 1. The Morgan fingerprint density at radius 3 is 2.72 bits per heavy atom. The largest absolute Gasteiger partial charge is 0.378 e. The first kappa shape index (κ1) is 20.0. The molecule has 0 unspecified atom stereocenters. The van der Waals surface area contributed by atoms with E-state index in [0.29, 0.717) is 19.0 Å². The topological polar surface area (TPSA) is 69.3 Å². The Morgan fingerprint density at radius 1 is 1.03 bits per heavy atom. The average molecular weight is 453 g/mol. The molecule has 2 fully saturated rings. The number of fused-ring (bicyclic) bond motifs is 2. The van der Waals surface area contributed by atoms with Crippen LogP contribution < -0.4 is 10.2 Å². The summed E-state index contributed by atoms with van der Waals surface area (Å²) in [6, 6.07) is 7.25. The van der Waals surface area contributed by atoms with E-state index >= 15 is 0 Å². The van der Waals surface area contributed by atoms with Gasteiger partial charge in [0.15, 0.2) is 5.82 Å². The van der Waals surface area contributed by atoms with Gasteiger partial charge in [0.2, 0.25) is 0 Å². The summed E-state index contributed by atoms with van der Waals surface area (Å²) >= 11 is 1.72. The highest BCUT2D eigenvalue weighted by Crippen LogP contribution is 2.36. The maximum absolute atomic E-state index is 14.4. The lowest BCUT2D eigenvalue weighted by Gasteiger charge is -2.28. The summed E-state index contributed by atoms with van der Waals surface area (Å²) in [6.45, 7) is 8.02. The van der Waals surface area contributed by atoms with Crippen molar-refractivity contribution < 1.29 is 9.13 Å². The highest BCUT2D eigenvalue weighted by Gasteiger charge is 2.22. The van der Waals surface area contributed by atoms with E-state index in [1.54, 1.807) is 11.3 Å². The molecule has 166 valence electrons. The minimum atomic E-state index is -0.294. The van der Waals surface area contributed by atoms with Crippen LogP contribution in [0.1, 0.15) is 4.88 Å². The van der Waals surface area contributed by atoms with Crippen LogP contribution in [0.5, 0.6) is 0 Å². The molecule has 2 aliphatic heterocycles. The number of nitrogens with zero attached hydrogens (tertiary/aromatic N) is 4. The van der Waals surface area contributed by atoms with Crippen molar-refractivity contribution in [1.82, 2.24) is 25.2 Å². The standard InChI is InChI=1S/C23H25FN6OS/c24-15-11-18(17-1-2-26-20(17)12-15)21-27-22(30-7-9-31-10-8-30)19-13-16(32-23(19)28-21)14-29-5-3-25-4-6-29/h1-2,11-13,25-26H,3-10,14H2. The van der Waals surface area contributed by atoms with Crippen molar-refractivity contribution in [1.29, 1.82) is 0 Å². The monoisotopic (exact) mass is 452 g/mol. The first-order chi connectivity index (χ1) is 15.7. The normalized spacial score (nSPS) is 18.1. The lowest BCUT2D eigenvalue weighted by Crippen LogP contribution is -2.42. The minimum Gasteiger partial charge on any atom is -0.378 e. The van der Waals surface area contributed by atoms with E-state index in [9.17, 15) is 4.39 Å². The summed E-state index contributed by atoms with van der Waals surface area (Å²) in [5.74, 6) is 1.19. The third-order valence-corrected chi connectivity index (χ3v) is 7.21. The van der Waals surface area contributed by atoms with Crippen molar-refractivity contribution in [2.45, 2.75) is 6.54 Å². The van der Waals surface area contributed by atoms with Crippen LogP contribution in [0.2, 0.25) is 0 Å². The summed E-state index contributed by atoms with van der Waals surface area (Å²) in [7, 11) is 0. The molecule has 9 heteroatoms. The number of benzene rings is 1. The van der Waals surface area contributed by atoms with Crippen LogP contribution in [0.4, 0.5) is 10.2 Å². The molecular formula is C23H25FN6OS. The number of morpholine rings is 1. The van der Waals surface area contributed by atoms with E-state index in [0.717, 1.165) is 78.3 Å². The number of aromatic nitrogens is 3. The lowest BCUT2D eigenvalue weighted by molar-refractivity contribution is 0.122. The Labute approximate surface area is 189 Å². The van der Waals surface area contributed by atoms with E-state index in [4.69, 9.17) is 14.7 Å². The van der Waals surface area contributed by atoms with Gasteiger partial charge in [-0.15, -0.1) is 11.3 Å². The molecule has 0 aliphatic carbocycles. The van der Waals surface area contributed by atoms with E-state index in [2.05, 4.69) is 26.2 Å². The van der Waals surface area contributed by atoms with Gasteiger partial charge in [0.1, 0.15) is 16.5 Å². The van der Waals surface area contributed by atoms with Crippen LogP contribution in [-0.4, -0.2) is 72.3 Å². The fraction of sp³-hybridized carbons (Fsp3) is 0.391. The predicted octanol–water partition coefficient (Wildman–Crippen LogP) is 3.22. The lowest BCUT2D eigenvalue weighted by atomic mass is 10.1. The Balaban J connectivity index is 1.47. The van der Waals surface area contributed by atoms with Gasteiger partial charge in [0.05, 0.1) is 18.6 Å². The molecule has 0 spiro atoms. The van der Waals surface area contributed by atoms with E-state index < -0.39 is 0 Å². The number of aromatic amines is 1. The molecular weight excluding hydrogens is 427 g/mol. The smallest absolute Gasteiger partial charge is 0.163 e. The van der Waals surface area contributed by atoms with Gasteiger partial charge in [0, 0.05) is 73.4 Å². The molecule has 0 radical (unpaired) electrons. The summed E-state index contributed by atoms with van der Waals surface area (Å²) in [6.07, 6.45) is 1.83. The number of H-pyrrole nitrogens is 1. The molecule has 2 N–H and O–H groups in total. The summed E-state index contributed by atoms with van der Waals surface area (Å²) < 4.78 is 20.0. The van der Waals surface area contributed by atoms with Crippen LogP contribution in [0.3, 0.4) is 0 Å². The molecule has 32 heavy (non-hydrogen) atoms. The second kappa shape index (κ2) is 8.40. The maximum atomic E-state index is 14.4. The van der Waals surface area contributed by atoms with Crippen LogP contribution in [0.15, 0.2) is 30.5 Å². The molecule has 0 amide bonds. The number of anilines is 1. The Bertz CT molecular complexity index is 1260. The average Bonchev–Trinajstić information content (AvgIpc) is 3.45. The van der Waals surface area contributed by atoms with Crippen molar-refractivity contribution in [3.05, 3.63) is 41.2 Å². The molecule has 2 aliphatic rings. The number of rotatable bonds is 4. The zero-order valence-corrected chi connectivity index (χ0v) is 18.6. The van der Waals surface area contributed by atoms with Crippen molar-refractivity contribution in [2.24, 2.45) is 0 Å². The van der Waals surface area contributed by atoms with Crippen molar-refractivity contribution >= 4 is 38.3 Å². The third-order valence-electron chi connectivity index (χ3n) is 6.20. The summed E-state index contributed by atoms with van der Waals surface area (Å²) in [5, 5.41) is 5.41. The van der Waals surface area contributed by atoms with Crippen LogP contribution in [0.25, 0.3) is 32.5 Å². The van der Waals surface area contributed by atoms with E-state index in [-0.39, 0.29) is 5.82 Å². The molecule has 0 bridgehead atoms. The van der Waals surface area contributed by atoms with Gasteiger partial charge in [-0.25, -0.2) is 14.4 Å². The Morgan fingerprint density at radius 2 is 1.88 bits per heavy atom. The molecule has 7 nitrogen and oxygen atoms in total. The van der Waals surface area contributed by atoms with Gasteiger partial charge in [-0.2, -0.15) is 0 Å². The first-order valence-corrected chi connectivity index (χ1v) is 11.9. The second-order valence-corrected chi connectivity index (χ2v) is 9.44. The molecule has 2 saturated heterocycles. The number of halogens is 1. The van der Waals surface area contributed by atoms with Gasteiger partial charge in [0.25, 0.3) is 0 Å². The zero-order valence-electron chi connectivity index (χ0n) is 17.7. The molecule has 0 atom stereocenters. The highest BCUT2D eigenvalue weighted by atomic mass is 32.1. The second-order valence-electron chi connectivity index (χ2n) is 8.32. The quantitative estimate of drug-likeness (QED) is 0.496. The zero-order chi connectivity index (χ0) is 21.5. The molecule has 4 aromatic rings. The SMILES string of the molecule is Fc1cc(-c2nc(N3CCOCC3)c3cc(CN4CCNCC4)sc3n2)c2cc[nH]c2c1. The number of hydrogen-bond donors (Lipinski definition) is 2. The fourth-order valence-electron chi connectivity index (χ4n) is 4.58. The summed E-state index contributed by atoms with van der Waals surface area (Å²) in [4.78, 5) is 20.0. The van der Waals surface area contributed by atoms with Gasteiger partial charge < -0.3 is 19.9 Å². The van der Waals surface area contributed by atoms with Crippen molar-refractivity contribution in [2.75, 3.05) is 57.4 Å². The summed E-state index contributed by atoms with van der Waals surface area (Å²) in [5.41, 5.74) is 1.47. The highest BCUT2D eigenvalue weighted by molar-refractivity contribution is 7.18. The Hall–Kier alpha value is -2.59. The van der Waals surface area contributed by atoms with Gasteiger partial charge in [-0.3, -0.25) is 4.90 Å². The van der Waals surface area contributed by atoms with Gasteiger partial charge >= 0.3 is 0 Å². The van der Waals surface area contributed by atoms with Crippen LogP contribution in [-0.2, 0) is 11.3 Å². The molecule has 1 aromatic carbocycles. The maximum Gasteiger partial charge on any atom is 0.163 e. The fourth-order valence-corrected chi connectivity index (χ4v) is 5.64. The van der Waals surface area contributed by atoms with E-state index in [1.165, 1.54) is 17.0 Å². The van der Waals surface area contributed by atoms with Crippen LogP contribution >= 0.6 is 11.3 Å². The van der Waals surface area contributed by atoms with Crippen molar-refractivity contribution in [3.63, 3.8) is 0 Å². The minimum absolute atomic E-state index is 0.294. The van der Waals surface area contributed by atoms with Gasteiger partial charge in [-0.05, 0) is 24.3 Å². The first-order valence-electron chi connectivity index (χ1n) is 11.1.